The van der Waals surface area contributed by atoms with Crippen molar-refractivity contribution in [1.29, 1.82) is 0 Å². The summed E-state index contributed by atoms with van der Waals surface area (Å²) in [4.78, 5) is 0. The molecule has 0 unspecified atom stereocenters. The second kappa shape index (κ2) is 3.97. The minimum atomic E-state index is 0.324. The molecule has 1 N–H and O–H groups in total. The van der Waals surface area contributed by atoms with E-state index in [0.29, 0.717) is 5.60 Å². The SMILES string of the molecule is CNCC1CCC2(CCCO2)CC1. The van der Waals surface area contributed by atoms with E-state index in [1.165, 1.54) is 45.1 Å². The van der Waals surface area contributed by atoms with Gasteiger partial charge in [-0.3, -0.25) is 0 Å². The third-order valence-corrected chi connectivity index (χ3v) is 3.69. The number of nitrogens with one attached hydrogen (secondary N) is 1. The Hall–Kier alpha value is -0.0800. The fourth-order valence-corrected chi connectivity index (χ4v) is 2.85. The molecule has 0 aromatic rings. The lowest BCUT2D eigenvalue weighted by Gasteiger charge is -2.36. The molecule has 0 bridgehead atoms. The van der Waals surface area contributed by atoms with E-state index in [2.05, 4.69) is 12.4 Å². The Kier molecular flexibility index (Phi) is 2.89. The van der Waals surface area contributed by atoms with E-state index in [0.717, 1.165) is 12.5 Å². The highest BCUT2D eigenvalue weighted by molar-refractivity contribution is 4.90. The Balaban J connectivity index is 1.81. The monoisotopic (exact) mass is 183 g/mol. The van der Waals surface area contributed by atoms with E-state index in [9.17, 15) is 0 Å². The predicted molar refractivity (Wildman–Crippen MR) is 53.8 cm³/mol. The summed E-state index contributed by atoms with van der Waals surface area (Å²) in [5.74, 6) is 0.903. The number of hydrogen-bond donors (Lipinski definition) is 1. The molecule has 1 saturated heterocycles. The predicted octanol–water partition coefficient (Wildman–Crippen LogP) is 1.95. The van der Waals surface area contributed by atoms with Crippen molar-refractivity contribution in [2.75, 3.05) is 20.2 Å². The van der Waals surface area contributed by atoms with Crippen LogP contribution in [-0.4, -0.2) is 25.8 Å². The molecule has 2 rings (SSSR count). The summed E-state index contributed by atoms with van der Waals surface area (Å²) in [6, 6.07) is 0. The lowest BCUT2D eigenvalue weighted by molar-refractivity contribution is -0.0343. The van der Waals surface area contributed by atoms with Gasteiger partial charge in [0.2, 0.25) is 0 Å². The van der Waals surface area contributed by atoms with Crippen LogP contribution < -0.4 is 5.32 Å². The number of hydrogen-bond acceptors (Lipinski definition) is 2. The van der Waals surface area contributed by atoms with Gasteiger partial charge >= 0.3 is 0 Å². The molecule has 2 heteroatoms. The van der Waals surface area contributed by atoms with Gasteiger partial charge in [-0.1, -0.05) is 0 Å². The Morgan fingerprint density at radius 2 is 2.08 bits per heavy atom. The molecule has 1 saturated carbocycles. The summed E-state index contributed by atoms with van der Waals surface area (Å²) in [6.45, 7) is 2.20. The quantitative estimate of drug-likeness (QED) is 0.706. The lowest BCUT2D eigenvalue weighted by atomic mass is 9.77. The molecule has 1 aliphatic heterocycles. The molecule has 1 heterocycles. The van der Waals surface area contributed by atoms with E-state index in [-0.39, 0.29) is 0 Å². The molecule has 76 valence electrons. The van der Waals surface area contributed by atoms with E-state index >= 15 is 0 Å². The van der Waals surface area contributed by atoms with Crippen LogP contribution in [0.1, 0.15) is 38.5 Å². The normalized spacial score (nSPS) is 39.9. The smallest absolute Gasteiger partial charge is 0.0683 e. The van der Waals surface area contributed by atoms with Crippen molar-refractivity contribution in [3.05, 3.63) is 0 Å². The topological polar surface area (TPSA) is 21.3 Å². The fraction of sp³-hybridized carbons (Fsp3) is 1.00. The maximum absolute atomic E-state index is 5.89. The van der Waals surface area contributed by atoms with E-state index in [1.54, 1.807) is 0 Å². The third-order valence-electron chi connectivity index (χ3n) is 3.69. The third kappa shape index (κ3) is 2.05. The van der Waals surface area contributed by atoms with Crippen LogP contribution in [0.15, 0.2) is 0 Å². The molecule has 1 aliphatic carbocycles. The van der Waals surface area contributed by atoms with Crippen LogP contribution in [0.4, 0.5) is 0 Å². The van der Waals surface area contributed by atoms with Crippen molar-refractivity contribution < 1.29 is 4.74 Å². The molecule has 0 atom stereocenters. The molecule has 1 spiro atoms. The Bertz CT molecular complexity index is 153. The summed E-state index contributed by atoms with van der Waals surface area (Å²) in [7, 11) is 2.05. The van der Waals surface area contributed by atoms with Crippen molar-refractivity contribution in [3.63, 3.8) is 0 Å². The summed E-state index contributed by atoms with van der Waals surface area (Å²) >= 11 is 0. The highest BCUT2D eigenvalue weighted by Crippen LogP contribution is 2.41. The van der Waals surface area contributed by atoms with Gasteiger partial charge in [0.05, 0.1) is 5.60 Å². The molecule has 0 amide bonds. The van der Waals surface area contributed by atoms with Crippen LogP contribution >= 0.6 is 0 Å². The van der Waals surface area contributed by atoms with Gasteiger partial charge < -0.3 is 10.1 Å². The van der Waals surface area contributed by atoms with Crippen molar-refractivity contribution in [3.8, 4) is 0 Å². The lowest BCUT2D eigenvalue weighted by Crippen LogP contribution is -2.35. The van der Waals surface area contributed by atoms with Gasteiger partial charge in [-0.05, 0) is 58.0 Å². The minimum Gasteiger partial charge on any atom is -0.375 e. The molecule has 2 nitrogen and oxygen atoms in total. The second-order valence-corrected chi connectivity index (χ2v) is 4.64. The molecule has 0 radical (unpaired) electrons. The van der Waals surface area contributed by atoms with Crippen LogP contribution in [0, 0.1) is 5.92 Å². The Morgan fingerprint density at radius 3 is 2.62 bits per heavy atom. The zero-order valence-corrected chi connectivity index (χ0v) is 8.64. The molecule has 0 aromatic heterocycles. The van der Waals surface area contributed by atoms with Gasteiger partial charge in [0.25, 0.3) is 0 Å². The first-order chi connectivity index (χ1) is 6.35. The number of rotatable bonds is 2. The Labute approximate surface area is 81.0 Å². The van der Waals surface area contributed by atoms with Gasteiger partial charge in [-0.25, -0.2) is 0 Å². The highest BCUT2D eigenvalue weighted by atomic mass is 16.5. The van der Waals surface area contributed by atoms with Crippen LogP contribution in [0.3, 0.4) is 0 Å². The zero-order chi connectivity index (χ0) is 9.15. The molecule has 2 aliphatic rings. The van der Waals surface area contributed by atoms with Crippen molar-refractivity contribution >= 4 is 0 Å². The van der Waals surface area contributed by atoms with Crippen molar-refractivity contribution in [2.45, 2.75) is 44.1 Å². The average molecular weight is 183 g/mol. The second-order valence-electron chi connectivity index (χ2n) is 4.64. The summed E-state index contributed by atoms with van der Waals surface area (Å²) in [5.41, 5.74) is 0.324. The van der Waals surface area contributed by atoms with E-state index in [4.69, 9.17) is 4.74 Å². The molecule has 13 heavy (non-hydrogen) atoms. The summed E-state index contributed by atoms with van der Waals surface area (Å²) < 4.78 is 5.89. The van der Waals surface area contributed by atoms with E-state index < -0.39 is 0 Å². The fourth-order valence-electron chi connectivity index (χ4n) is 2.85. The first-order valence-electron chi connectivity index (χ1n) is 5.63. The number of ether oxygens (including phenoxy) is 1. The van der Waals surface area contributed by atoms with Crippen LogP contribution in [0.2, 0.25) is 0 Å². The van der Waals surface area contributed by atoms with Crippen LogP contribution in [-0.2, 0) is 4.74 Å². The zero-order valence-electron chi connectivity index (χ0n) is 8.64. The standard InChI is InChI=1S/C11H21NO/c1-12-9-10-3-6-11(7-4-10)5-2-8-13-11/h10,12H,2-9H2,1H3. The van der Waals surface area contributed by atoms with Gasteiger partial charge in [0.15, 0.2) is 0 Å². The van der Waals surface area contributed by atoms with Crippen molar-refractivity contribution in [2.24, 2.45) is 5.92 Å². The maximum Gasteiger partial charge on any atom is 0.0683 e. The average Bonchev–Trinajstić information content (AvgIpc) is 2.59. The largest absolute Gasteiger partial charge is 0.375 e. The van der Waals surface area contributed by atoms with Gasteiger partial charge in [0, 0.05) is 6.61 Å². The Morgan fingerprint density at radius 1 is 1.31 bits per heavy atom. The van der Waals surface area contributed by atoms with E-state index in [1.807, 2.05) is 0 Å². The van der Waals surface area contributed by atoms with Gasteiger partial charge in [-0.2, -0.15) is 0 Å². The summed E-state index contributed by atoms with van der Waals surface area (Å²) in [5, 5.41) is 3.28. The summed E-state index contributed by atoms with van der Waals surface area (Å²) in [6.07, 6.45) is 7.94. The molecular formula is C11H21NO. The molecular weight excluding hydrogens is 162 g/mol. The highest BCUT2D eigenvalue weighted by Gasteiger charge is 2.38. The van der Waals surface area contributed by atoms with Crippen LogP contribution in [0.25, 0.3) is 0 Å². The van der Waals surface area contributed by atoms with Gasteiger partial charge in [-0.15, -0.1) is 0 Å². The van der Waals surface area contributed by atoms with Crippen molar-refractivity contribution in [1.82, 2.24) is 5.32 Å². The van der Waals surface area contributed by atoms with Gasteiger partial charge in [0.1, 0.15) is 0 Å². The minimum absolute atomic E-state index is 0.324. The first-order valence-corrected chi connectivity index (χ1v) is 5.63. The maximum atomic E-state index is 5.89. The first kappa shape index (κ1) is 9.47. The van der Waals surface area contributed by atoms with Crippen LogP contribution in [0.5, 0.6) is 0 Å². The molecule has 2 fully saturated rings. The molecule has 0 aromatic carbocycles.